The van der Waals surface area contributed by atoms with Gasteiger partial charge in [0.2, 0.25) is 15.9 Å². The summed E-state index contributed by atoms with van der Waals surface area (Å²) in [4.78, 5) is 15.1. The molecule has 2 aromatic rings. The minimum Gasteiger partial charge on any atom is -0.494 e. The molecular formula is C23H31N3O4S. The Morgan fingerprint density at radius 3 is 2.26 bits per heavy atom. The van der Waals surface area contributed by atoms with Crippen molar-refractivity contribution in [1.29, 1.82) is 0 Å². The third kappa shape index (κ3) is 5.91. The second kappa shape index (κ2) is 10.0. The van der Waals surface area contributed by atoms with Crippen LogP contribution < -0.4 is 19.3 Å². The van der Waals surface area contributed by atoms with Crippen LogP contribution in [-0.2, 0) is 21.4 Å². The predicted octanol–water partition coefficient (Wildman–Crippen LogP) is 3.16. The van der Waals surface area contributed by atoms with Crippen LogP contribution in [0.4, 0.5) is 11.4 Å². The van der Waals surface area contributed by atoms with Crippen molar-refractivity contribution in [3.05, 3.63) is 54.1 Å². The lowest BCUT2D eigenvalue weighted by molar-refractivity contribution is -0.122. The number of benzene rings is 2. The van der Waals surface area contributed by atoms with Crippen LogP contribution in [0.2, 0.25) is 0 Å². The lowest BCUT2D eigenvalue weighted by atomic mass is 10.2. The fourth-order valence-corrected chi connectivity index (χ4v) is 4.98. The lowest BCUT2D eigenvalue weighted by Crippen LogP contribution is -2.47. The molecule has 8 heteroatoms. The smallest absolute Gasteiger partial charge is 0.243 e. The summed E-state index contributed by atoms with van der Waals surface area (Å²) in [6, 6.07) is 13.9. The molecule has 0 unspecified atom stereocenters. The Labute approximate surface area is 185 Å². The van der Waals surface area contributed by atoms with Crippen LogP contribution in [0.3, 0.4) is 0 Å². The standard InChI is InChI=1S/C23H31N3O4S/c1-4-30-22-13-11-21(12-14-22)26(31(3,28)29)18(2)23(27)24-17-19-7-9-20(10-8-19)25-15-5-6-16-25/h7-14,18H,4-6,15-17H2,1-3H3,(H,24,27)/t18-/m0/s1. The molecule has 168 valence electrons. The van der Waals surface area contributed by atoms with Gasteiger partial charge in [0.15, 0.2) is 0 Å². The number of nitrogens with one attached hydrogen (secondary N) is 1. The molecule has 1 fully saturated rings. The molecule has 31 heavy (non-hydrogen) atoms. The van der Waals surface area contributed by atoms with Gasteiger partial charge in [0.1, 0.15) is 11.8 Å². The van der Waals surface area contributed by atoms with Gasteiger partial charge in [-0.1, -0.05) is 12.1 Å². The van der Waals surface area contributed by atoms with Crippen molar-refractivity contribution in [1.82, 2.24) is 5.32 Å². The number of sulfonamides is 1. The summed E-state index contributed by atoms with van der Waals surface area (Å²) in [7, 11) is -3.66. The summed E-state index contributed by atoms with van der Waals surface area (Å²) in [5.41, 5.74) is 2.58. The first-order valence-corrected chi connectivity index (χ1v) is 12.5. The first kappa shape index (κ1) is 22.9. The number of nitrogens with zero attached hydrogens (tertiary/aromatic N) is 2. The third-order valence-electron chi connectivity index (χ3n) is 5.37. The molecule has 1 heterocycles. The highest BCUT2D eigenvalue weighted by Gasteiger charge is 2.29. The number of carbonyl (C=O) groups is 1. The number of rotatable bonds is 9. The maximum absolute atomic E-state index is 12.8. The molecule has 3 rings (SSSR count). The molecular weight excluding hydrogens is 414 g/mol. The highest BCUT2D eigenvalue weighted by molar-refractivity contribution is 7.92. The minimum atomic E-state index is -3.66. The van der Waals surface area contributed by atoms with Crippen molar-refractivity contribution >= 4 is 27.3 Å². The molecule has 2 aromatic carbocycles. The Morgan fingerprint density at radius 2 is 1.71 bits per heavy atom. The van der Waals surface area contributed by atoms with E-state index in [1.807, 2.05) is 19.1 Å². The van der Waals surface area contributed by atoms with Crippen LogP contribution in [-0.4, -0.2) is 46.3 Å². The molecule has 0 radical (unpaired) electrons. The van der Waals surface area contributed by atoms with Crippen LogP contribution in [0.25, 0.3) is 0 Å². The van der Waals surface area contributed by atoms with E-state index in [4.69, 9.17) is 4.74 Å². The van der Waals surface area contributed by atoms with Crippen molar-refractivity contribution in [2.24, 2.45) is 0 Å². The van der Waals surface area contributed by atoms with Gasteiger partial charge in [-0.15, -0.1) is 0 Å². The van der Waals surface area contributed by atoms with E-state index in [1.54, 1.807) is 31.2 Å². The Hall–Kier alpha value is -2.74. The van der Waals surface area contributed by atoms with Gasteiger partial charge < -0.3 is 15.0 Å². The maximum Gasteiger partial charge on any atom is 0.243 e. The van der Waals surface area contributed by atoms with Crippen molar-refractivity contribution < 1.29 is 17.9 Å². The highest BCUT2D eigenvalue weighted by Crippen LogP contribution is 2.24. The zero-order chi connectivity index (χ0) is 22.4. The topological polar surface area (TPSA) is 79.0 Å². The van der Waals surface area contributed by atoms with Crippen LogP contribution in [0.15, 0.2) is 48.5 Å². The predicted molar refractivity (Wildman–Crippen MR) is 124 cm³/mol. The molecule has 1 N–H and O–H groups in total. The number of hydrogen-bond acceptors (Lipinski definition) is 5. The lowest BCUT2D eigenvalue weighted by Gasteiger charge is -2.28. The summed E-state index contributed by atoms with van der Waals surface area (Å²) in [6.45, 7) is 6.49. The van der Waals surface area contributed by atoms with E-state index in [0.29, 0.717) is 24.6 Å². The SMILES string of the molecule is CCOc1ccc(N([C@@H](C)C(=O)NCc2ccc(N3CCCC3)cc2)S(C)(=O)=O)cc1. The van der Waals surface area contributed by atoms with Crippen molar-refractivity contribution in [3.8, 4) is 5.75 Å². The number of carbonyl (C=O) groups excluding carboxylic acids is 1. The molecule has 1 aliphatic rings. The third-order valence-corrected chi connectivity index (χ3v) is 6.61. The quantitative estimate of drug-likeness (QED) is 0.641. The molecule has 0 spiro atoms. The van der Waals surface area contributed by atoms with Crippen LogP contribution >= 0.6 is 0 Å². The zero-order valence-corrected chi connectivity index (χ0v) is 19.2. The van der Waals surface area contributed by atoms with E-state index in [0.717, 1.165) is 29.2 Å². The number of hydrogen-bond donors (Lipinski definition) is 1. The van der Waals surface area contributed by atoms with Gasteiger partial charge in [-0.25, -0.2) is 8.42 Å². The Bertz CT molecular complexity index is 969. The monoisotopic (exact) mass is 445 g/mol. The summed E-state index contributed by atoms with van der Waals surface area (Å²) in [5.74, 6) is 0.289. The molecule has 1 saturated heterocycles. The van der Waals surface area contributed by atoms with Crippen LogP contribution in [0.5, 0.6) is 5.75 Å². The fourth-order valence-electron chi connectivity index (χ4n) is 3.80. The van der Waals surface area contributed by atoms with E-state index in [1.165, 1.54) is 18.5 Å². The van der Waals surface area contributed by atoms with E-state index in [2.05, 4.69) is 22.3 Å². The van der Waals surface area contributed by atoms with E-state index < -0.39 is 16.1 Å². The molecule has 7 nitrogen and oxygen atoms in total. The second-order valence-corrected chi connectivity index (χ2v) is 9.60. The first-order chi connectivity index (χ1) is 14.8. The van der Waals surface area contributed by atoms with Gasteiger partial charge >= 0.3 is 0 Å². The Balaban J connectivity index is 1.65. The van der Waals surface area contributed by atoms with Gasteiger partial charge in [-0.2, -0.15) is 0 Å². The Morgan fingerprint density at radius 1 is 1.10 bits per heavy atom. The van der Waals surface area contributed by atoms with Gasteiger partial charge in [0.05, 0.1) is 18.6 Å². The van der Waals surface area contributed by atoms with Crippen molar-refractivity contribution in [2.75, 3.05) is 35.2 Å². The number of amides is 1. The van der Waals surface area contributed by atoms with E-state index in [9.17, 15) is 13.2 Å². The Kier molecular flexibility index (Phi) is 7.43. The summed E-state index contributed by atoms with van der Waals surface area (Å²) >= 11 is 0. The van der Waals surface area contributed by atoms with E-state index in [-0.39, 0.29) is 5.91 Å². The van der Waals surface area contributed by atoms with Gasteiger partial charge in [0.25, 0.3) is 0 Å². The molecule has 1 amide bonds. The van der Waals surface area contributed by atoms with Crippen molar-refractivity contribution in [3.63, 3.8) is 0 Å². The number of ether oxygens (including phenoxy) is 1. The molecule has 0 aliphatic carbocycles. The normalized spacial score (nSPS) is 14.9. The zero-order valence-electron chi connectivity index (χ0n) is 18.4. The average Bonchev–Trinajstić information content (AvgIpc) is 3.28. The molecule has 0 saturated carbocycles. The van der Waals surface area contributed by atoms with E-state index >= 15 is 0 Å². The minimum absolute atomic E-state index is 0.338. The molecule has 1 atom stereocenters. The van der Waals surface area contributed by atoms with Crippen molar-refractivity contribution in [2.45, 2.75) is 39.3 Å². The molecule has 0 aromatic heterocycles. The molecule has 0 bridgehead atoms. The fraction of sp³-hybridized carbons (Fsp3) is 0.435. The van der Waals surface area contributed by atoms with Gasteiger partial charge in [0, 0.05) is 25.3 Å². The second-order valence-electron chi connectivity index (χ2n) is 7.74. The molecule has 1 aliphatic heterocycles. The summed E-state index contributed by atoms with van der Waals surface area (Å²) < 4.78 is 31.4. The summed E-state index contributed by atoms with van der Waals surface area (Å²) in [6.07, 6.45) is 3.55. The first-order valence-electron chi connectivity index (χ1n) is 10.6. The number of anilines is 2. The largest absolute Gasteiger partial charge is 0.494 e. The average molecular weight is 446 g/mol. The van der Waals surface area contributed by atoms with Gasteiger partial charge in [-0.05, 0) is 68.7 Å². The summed E-state index contributed by atoms with van der Waals surface area (Å²) in [5, 5.41) is 2.86. The highest BCUT2D eigenvalue weighted by atomic mass is 32.2. The van der Waals surface area contributed by atoms with Crippen LogP contribution in [0.1, 0.15) is 32.3 Å². The van der Waals surface area contributed by atoms with Crippen LogP contribution in [0, 0.1) is 0 Å². The van der Waals surface area contributed by atoms with Gasteiger partial charge in [-0.3, -0.25) is 9.10 Å². The maximum atomic E-state index is 12.8.